The molecule has 0 saturated carbocycles. The van der Waals surface area contributed by atoms with Crippen molar-refractivity contribution in [3.63, 3.8) is 0 Å². The van der Waals surface area contributed by atoms with Gasteiger partial charge >= 0.3 is 0 Å². The first-order chi connectivity index (χ1) is 6.06. The van der Waals surface area contributed by atoms with Crippen LogP contribution in [0.3, 0.4) is 0 Å². The lowest BCUT2D eigenvalue weighted by Crippen LogP contribution is -2.13. The molecular weight excluding hydrogens is 158 g/mol. The van der Waals surface area contributed by atoms with Crippen LogP contribution in [0, 0.1) is 17.3 Å². The van der Waals surface area contributed by atoms with E-state index in [-0.39, 0.29) is 5.41 Å². The maximum absolute atomic E-state index is 3.28. The molecule has 1 heteroatoms. The van der Waals surface area contributed by atoms with E-state index in [0.717, 1.165) is 13.1 Å². The van der Waals surface area contributed by atoms with Gasteiger partial charge in [0.2, 0.25) is 0 Å². The van der Waals surface area contributed by atoms with Crippen LogP contribution < -0.4 is 5.32 Å². The van der Waals surface area contributed by atoms with Gasteiger partial charge in [-0.1, -0.05) is 24.8 Å². The number of hydrogen-bond acceptors (Lipinski definition) is 1. The Kier molecular flexibility index (Phi) is 6.36. The quantitative estimate of drug-likeness (QED) is 0.516. The van der Waals surface area contributed by atoms with Crippen LogP contribution in [0.1, 0.15) is 34.1 Å². The van der Waals surface area contributed by atoms with Crippen LogP contribution in [0.4, 0.5) is 0 Å². The minimum atomic E-state index is 0.112. The fourth-order valence-electron chi connectivity index (χ4n) is 0.738. The summed E-state index contributed by atoms with van der Waals surface area (Å²) < 4.78 is 0. The van der Waals surface area contributed by atoms with Crippen LogP contribution in [0.15, 0.2) is 12.2 Å². The molecule has 74 valence electrons. The van der Waals surface area contributed by atoms with Crippen molar-refractivity contribution in [2.45, 2.75) is 34.1 Å². The van der Waals surface area contributed by atoms with Gasteiger partial charge in [-0.3, -0.25) is 0 Å². The second-order valence-corrected chi connectivity index (χ2v) is 4.13. The summed E-state index contributed by atoms with van der Waals surface area (Å²) in [6.07, 6.45) is 5.17. The topological polar surface area (TPSA) is 12.0 Å². The second-order valence-electron chi connectivity index (χ2n) is 4.13. The fourth-order valence-corrected chi connectivity index (χ4v) is 0.738. The van der Waals surface area contributed by atoms with E-state index >= 15 is 0 Å². The Bertz CT molecular complexity index is 197. The van der Waals surface area contributed by atoms with E-state index in [4.69, 9.17) is 0 Å². The van der Waals surface area contributed by atoms with Crippen LogP contribution in [0.25, 0.3) is 0 Å². The monoisotopic (exact) mass is 179 g/mol. The molecule has 0 aliphatic heterocycles. The summed E-state index contributed by atoms with van der Waals surface area (Å²) in [6, 6.07) is 0. The number of nitrogens with one attached hydrogen (secondary N) is 1. The van der Waals surface area contributed by atoms with Crippen molar-refractivity contribution in [2.75, 3.05) is 13.1 Å². The Morgan fingerprint density at radius 2 is 2.00 bits per heavy atom. The zero-order chi connectivity index (χ0) is 10.2. The van der Waals surface area contributed by atoms with Crippen LogP contribution in [0.5, 0.6) is 0 Å². The summed E-state index contributed by atoms with van der Waals surface area (Å²) in [6.45, 7) is 10.5. The third-order valence-electron chi connectivity index (χ3n) is 1.34. The number of allylic oxidation sites excluding steroid dienone is 1. The van der Waals surface area contributed by atoms with Crippen molar-refractivity contribution in [3.05, 3.63) is 12.2 Å². The summed E-state index contributed by atoms with van der Waals surface area (Å²) in [7, 11) is 0. The zero-order valence-electron chi connectivity index (χ0n) is 9.28. The van der Waals surface area contributed by atoms with Gasteiger partial charge < -0.3 is 5.32 Å². The molecule has 0 aromatic rings. The molecule has 0 aromatic heterocycles. The molecule has 0 saturated heterocycles. The lowest BCUT2D eigenvalue weighted by molar-refractivity contribution is 0.571. The molecule has 0 unspecified atom stereocenters. The Hall–Kier alpha value is -0.740. The molecule has 0 heterocycles. The van der Waals surface area contributed by atoms with Crippen molar-refractivity contribution >= 4 is 0 Å². The molecule has 1 N–H and O–H groups in total. The standard InChI is InChI=1S/C12H21N/c1-5-10-13-11-8-6-7-9-12(2,3)4/h6,8,13H,5,10-11H2,1-4H3. The average Bonchev–Trinajstić information content (AvgIpc) is 2.01. The van der Waals surface area contributed by atoms with Crippen LogP contribution in [0.2, 0.25) is 0 Å². The molecule has 0 fully saturated rings. The highest BCUT2D eigenvalue weighted by Gasteiger charge is 2.01. The van der Waals surface area contributed by atoms with E-state index in [1.165, 1.54) is 6.42 Å². The molecule has 0 radical (unpaired) electrons. The van der Waals surface area contributed by atoms with Crippen molar-refractivity contribution in [2.24, 2.45) is 5.41 Å². The number of rotatable bonds is 4. The fraction of sp³-hybridized carbons (Fsp3) is 0.667. The minimum Gasteiger partial charge on any atom is -0.313 e. The van der Waals surface area contributed by atoms with Gasteiger partial charge in [-0.15, -0.1) is 0 Å². The van der Waals surface area contributed by atoms with Gasteiger partial charge in [0, 0.05) is 12.0 Å². The lowest BCUT2D eigenvalue weighted by atomic mass is 9.98. The van der Waals surface area contributed by atoms with Gasteiger partial charge in [0.25, 0.3) is 0 Å². The Balaban J connectivity index is 3.55. The van der Waals surface area contributed by atoms with Gasteiger partial charge in [-0.05, 0) is 39.8 Å². The molecule has 0 amide bonds. The highest BCUT2D eigenvalue weighted by molar-refractivity contribution is 5.19. The predicted octanol–water partition coefficient (Wildman–Crippen LogP) is 2.59. The first-order valence-corrected chi connectivity index (χ1v) is 4.94. The smallest absolute Gasteiger partial charge is 0.0233 e. The Morgan fingerprint density at radius 1 is 1.31 bits per heavy atom. The summed E-state index contributed by atoms with van der Waals surface area (Å²) >= 11 is 0. The lowest BCUT2D eigenvalue weighted by Gasteiger charge is -2.05. The maximum Gasteiger partial charge on any atom is 0.0233 e. The second kappa shape index (κ2) is 6.74. The van der Waals surface area contributed by atoms with Crippen molar-refractivity contribution in [1.82, 2.24) is 5.32 Å². The van der Waals surface area contributed by atoms with Crippen molar-refractivity contribution < 1.29 is 0 Å². The van der Waals surface area contributed by atoms with Gasteiger partial charge in [0.1, 0.15) is 0 Å². The normalized spacial score (nSPS) is 11.4. The van der Waals surface area contributed by atoms with Crippen molar-refractivity contribution in [3.8, 4) is 11.8 Å². The molecule has 0 atom stereocenters. The highest BCUT2D eigenvalue weighted by Crippen LogP contribution is 2.09. The van der Waals surface area contributed by atoms with Gasteiger partial charge in [-0.2, -0.15) is 0 Å². The van der Waals surface area contributed by atoms with Crippen LogP contribution in [-0.2, 0) is 0 Å². The van der Waals surface area contributed by atoms with Gasteiger partial charge in [0.05, 0.1) is 0 Å². The van der Waals surface area contributed by atoms with Crippen molar-refractivity contribution in [1.29, 1.82) is 0 Å². The van der Waals surface area contributed by atoms with Gasteiger partial charge in [0.15, 0.2) is 0 Å². The summed E-state index contributed by atoms with van der Waals surface area (Å²) in [5.41, 5.74) is 0.112. The zero-order valence-corrected chi connectivity index (χ0v) is 9.28. The average molecular weight is 179 g/mol. The third kappa shape index (κ3) is 11.3. The first-order valence-electron chi connectivity index (χ1n) is 4.94. The molecule has 0 spiro atoms. The minimum absolute atomic E-state index is 0.112. The maximum atomic E-state index is 3.28. The van der Waals surface area contributed by atoms with Crippen LogP contribution in [-0.4, -0.2) is 13.1 Å². The molecule has 1 nitrogen and oxygen atoms in total. The number of hydrogen-bond donors (Lipinski definition) is 1. The molecule has 13 heavy (non-hydrogen) atoms. The van der Waals surface area contributed by atoms with E-state index in [1.807, 2.05) is 6.08 Å². The van der Waals surface area contributed by atoms with Gasteiger partial charge in [-0.25, -0.2) is 0 Å². The summed E-state index contributed by atoms with van der Waals surface area (Å²) in [5.74, 6) is 6.18. The first kappa shape index (κ1) is 12.3. The van der Waals surface area contributed by atoms with E-state index in [2.05, 4.69) is 50.9 Å². The van der Waals surface area contributed by atoms with E-state index in [0.29, 0.717) is 0 Å². The van der Waals surface area contributed by atoms with E-state index in [1.54, 1.807) is 0 Å². The van der Waals surface area contributed by atoms with E-state index in [9.17, 15) is 0 Å². The molecule has 0 bridgehead atoms. The SMILES string of the molecule is CCCNCC=CC#CC(C)(C)C. The Labute approximate surface area is 82.6 Å². The molecule has 0 aliphatic carbocycles. The molecule has 0 aliphatic rings. The summed E-state index contributed by atoms with van der Waals surface area (Å²) in [4.78, 5) is 0. The third-order valence-corrected chi connectivity index (χ3v) is 1.34. The highest BCUT2D eigenvalue weighted by atomic mass is 14.8. The molecular formula is C12H21N. The molecule has 0 aromatic carbocycles. The summed E-state index contributed by atoms with van der Waals surface area (Å²) in [5, 5.41) is 3.28. The molecule has 0 rings (SSSR count). The Morgan fingerprint density at radius 3 is 2.54 bits per heavy atom. The van der Waals surface area contributed by atoms with Crippen LogP contribution >= 0.6 is 0 Å². The van der Waals surface area contributed by atoms with E-state index < -0.39 is 0 Å². The predicted molar refractivity (Wildman–Crippen MR) is 59.5 cm³/mol. The largest absolute Gasteiger partial charge is 0.313 e.